The van der Waals surface area contributed by atoms with Gasteiger partial charge in [-0.15, -0.1) is 0 Å². The molecule has 1 rings (SSSR count). The van der Waals surface area contributed by atoms with E-state index in [1.807, 2.05) is 24.2 Å². The fourth-order valence-corrected chi connectivity index (χ4v) is 0.833. The zero-order chi connectivity index (χ0) is 6.85. The van der Waals surface area contributed by atoms with E-state index < -0.39 is 0 Å². The third kappa shape index (κ3) is 1.48. The first-order valence-corrected chi connectivity index (χ1v) is 3.26. The Hall–Kier alpha value is -0.440. The largest absolute Gasteiger partial charge is 0.302 e. The van der Waals surface area contributed by atoms with Gasteiger partial charge in [0, 0.05) is 11.4 Å². The standard InChI is InChI=1S/C6H10N2S/c1-5-3-6(2)8(9)4-7-5/h3,9H,4H2,1-2H3. The lowest BCUT2D eigenvalue weighted by Crippen LogP contribution is -2.15. The minimum absolute atomic E-state index is 0.678. The number of nitrogens with zero attached hydrogens (tertiary/aromatic N) is 2. The van der Waals surface area contributed by atoms with E-state index in [-0.39, 0.29) is 0 Å². The summed E-state index contributed by atoms with van der Waals surface area (Å²) in [6, 6.07) is 0. The maximum Gasteiger partial charge on any atom is 0.120 e. The van der Waals surface area contributed by atoms with E-state index >= 15 is 0 Å². The molecule has 0 aromatic carbocycles. The van der Waals surface area contributed by atoms with Gasteiger partial charge in [0.15, 0.2) is 0 Å². The molecule has 0 fully saturated rings. The number of hydrogen-bond acceptors (Lipinski definition) is 3. The first-order valence-electron chi connectivity index (χ1n) is 2.86. The first kappa shape index (κ1) is 6.68. The van der Waals surface area contributed by atoms with Gasteiger partial charge in [-0.05, 0) is 19.9 Å². The van der Waals surface area contributed by atoms with E-state index in [9.17, 15) is 0 Å². The summed E-state index contributed by atoms with van der Waals surface area (Å²) in [5, 5.41) is 0. The smallest absolute Gasteiger partial charge is 0.120 e. The van der Waals surface area contributed by atoms with E-state index in [1.54, 1.807) is 0 Å². The zero-order valence-electron chi connectivity index (χ0n) is 5.63. The Morgan fingerprint density at radius 2 is 2.33 bits per heavy atom. The van der Waals surface area contributed by atoms with Gasteiger partial charge in [-0.2, -0.15) is 0 Å². The minimum Gasteiger partial charge on any atom is -0.302 e. The molecular weight excluding hydrogens is 132 g/mol. The summed E-state index contributed by atoms with van der Waals surface area (Å²) in [5.41, 5.74) is 2.24. The van der Waals surface area contributed by atoms with Crippen molar-refractivity contribution < 1.29 is 0 Å². The van der Waals surface area contributed by atoms with Gasteiger partial charge in [-0.3, -0.25) is 4.99 Å². The van der Waals surface area contributed by atoms with Crippen molar-refractivity contribution in [3.8, 4) is 0 Å². The van der Waals surface area contributed by atoms with Crippen molar-refractivity contribution in [2.75, 3.05) is 6.67 Å². The van der Waals surface area contributed by atoms with Crippen LogP contribution in [0.25, 0.3) is 0 Å². The first-order chi connectivity index (χ1) is 4.20. The fourth-order valence-electron chi connectivity index (χ4n) is 0.713. The van der Waals surface area contributed by atoms with Crippen molar-refractivity contribution in [2.24, 2.45) is 4.99 Å². The summed E-state index contributed by atoms with van der Waals surface area (Å²) in [4.78, 5) is 4.15. The molecule has 0 saturated carbocycles. The molecule has 1 aliphatic heterocycles. The van der Waals surface area contributed by atoms with E-state index in [2.05, 4.69) is 17.8 Å². The lowest BCUT2D eigenvalue weighted by Gasteiger charge is -2.19. The highest BCUT2D eigenvalue weighted by Crippen LogP contribution is 2.10. The molecule has 2 nitrogen and oxygen atoms in total. The maximum atomic E-state index is 4.15. The van der Waals surface area contributed by atoms with Crippen LogP contribution >= 0.6 is 12.8 Å². The lowest BCUT2D eigenvalue weighted by molar-refractivity contribution is 0.592. The van der Waals surface area contributed by atoms with Crippen LogP contribution in [0.5, 0.6) is 0 Å². The van der Waals surface area contributed by atoms with Gasteiger partial charge >= 0.3 is 0 Å². The Morgan fingerprint density at radius 3 is 2.78 bits per heavy atom. The summed E-state index contributed by atoms with van der Waals surface area (Å²) in [6.45, 7) is 4.69. The fraction of sp³-hybridized carbons (Fsp3) is 0.500. The highest BCUT2D eigenvalue weighted by atomic mass is 32.1. The topological polar surface area (TPSA) is 15.6 Å². The Labute approximate surface area is 60.8 Å². The molecule has 0 unspecified atom stereocenters. The molecule has 9 heavy (non-hydrogen) atoms. The number of hydrogen-bond donors (Lipinski definition) is 1. The number of allylic oxidation sites excluding steroid dienone is 2. The second-order valence-electron chi connectivity index (χ2n) is 2.13. The highest BCUT2D eigenvalue weighted by Gasteiger charge is 2.03. The second kappa shape index (κ2) is 2.43. The van der Waals surface area contributed by atoms with Crippen LogP contribution in [-0.2, 0) is 0 Å². The summed E-state index contributed by atoms with van der Waals surface area (Å²) in [6.07, 6.45) is 2.01. The molecule has 1 heterocycles. The highest BCUT2D eigenvalue weighted by molar-refractivity contribution is 7.77. The Kier molecular flexibility index (Phi) is 1.81. The van der Waals surface area contributed by atoms with Crippen LogP contribution in [0.1, 0.15) is 13.8 Å². The molecule has 0 atom stereocenters. The minimum atomic E-state index is 0.678. The SMILES string of the molecule is CC1=CC(C)=NCN1S. The molecule has 3 heteroatoms. The van der Waals surface area contributed by atoms with Crippen LogP contribution in [0.4, 0.5) is 0 Å². The van der Waals surface area contributed by atoms with Gasteiger partial charge in [-0.25, -0.2) is 0 Å². The van der Waals surface area contributed by atoms with Crippen LogP contribution in [0.2, 0.25) is 0 Å². The predicted molar refractivity (Wildman–Crippen MR) is 42.6 cm³/mol. The molecule has 0 saturated heterocycles. The molecule has 0 bridgehead atoms. The normalized spacial score (nSPS) is 19.2. The molecular formula is C6H10N2S. The second-order valence-corrected chi connectivity index (χ2v) is 2.61. The Balaban J connectivity index is 2.74. The van der Waals surface area contributed by atoms with Gasteiger partial charge in [0.25, 0.3) is 0 Å². The van der Waals surface area contributed by atoms with E-state index in [1.165, 1.54) is 0 Å². The van der Waals surface area contributed by atoms with Gasteiger partial charge in [0.2, 0.25) is 0 Å². The Morgan fingerprint density at radius 1 is 1.67 bits per heavy atom. The molecule has 0 aliphatic carbocycles. The zero-order valence-corrected chi connectivity index (χ0v) is 6.52. The van der Waals surface area contributed by atoms with Gasteiger partial charge < -0.3 is 4.31 Å². The van der Waals surface area contributed by atoms with Crippen LogP contribution in [0.3, 0.4) is 0 Å². The predicted octanol–water partition coefficient (Wildman–Crippen LogP) is 1.47. The molecule has 0 radical (unpaired) electrons. The van der Waals surface area contributed by atoms with Crippen molar-refractivity contribution in [3.63, 3.8) is 0 Å². The van der Waals surface area contributed by atoms with Gasteiger partial charge in [0.05, 0.1) is 0 Å². The van der Waals surface area contributed by atoms with E-state index in [0.717, 1.165) is 11.4 Å². The third-order valence-electron chi connectivity index (χ3n) is 1.28. The number of rotatable bonds is 0. The van der Waals surface area contributed by atoms with Gasteiger partial charge in [0.1, 0.15) is 6.67 Å². The van der Waals surface area contributed by atoms with Crippen molar-refractivity contribution in [1.82, 2.24) is 4.31 Å². The third-order valence-corrected chi connectivity index (χ3v) is 1.72. The average Bonchev–Trinajstić information content (AvgIpc) is 1.80. The summed E-state index contributed by atoms with van der Waals surface area (Å²) in [5.74, 6) is 0. The van der Waals surface area contributed by atoms with Crippen molar-refractivity contribution in [3.05, 3.63) is 11.8 Å². The molecule has 0 aromatic heterocycles. The van der Waals surface area contributed by atoms with E-state index in [4.69, 9.17) is 0 Å². The molecule has 0 N–H and O–H groups in total. The number of thiol groups is 1. The lowest BCUT2D eigenvalue weighted by atomic mass is 10.3. The summed E-state index contributed by atoms with van der Waals surface area (Å²) >= 11 is 4.15. The van der Waals surface area contributed by atoms with Crippen LogP contribution in [0, 0.1) is 0 Å². The van der Waals surface area contributed by atoms with Crippen molar-refractivity contribution in [2.45, 2.75) is 13.8 Å². The quantitative estimate of drug-likeness (QED) is 0.506. The molecule has 1 aliphatic rings. The maximum absolute atomic E-state index is 4.15. The molecule has 50 valence electrons. The van der Waals surface area contributed by atoms with Crippen LogP contribution < -0.4 is 0 Å². The molecule has 0 aromatic rings. The van der Waals surface area contributed by atoms with Crippen LogP contribution in [0.15, 0.2) is 16.8 Å². The van der Waals surface area contributed by atoms with E-state index in [0.29, 0.717) is 6.67 Å². The number of aliphatic imine (C=N–C) groups is 1. The Bertz CT molecular complexity index is 172. The molecule has 0 spiro atoms. The summed E-state index contributed by atoms with van der Waals surface area (Å²) in [7, 11) is 0. The molecule has 0 amide bonds. The summed E-state index contributed by atoms with van der Waals surface area (Å²) < 4.78 is 1.81. The monoisotopic (exact) mass is 142 g/mol. The van der Waals surface area contributed by atoms with Crippen molar-refractivity contribution >= 4 is 18.5 Å². The van der Waals surface area contributed by atoms with Crippen molar-refractivity contribution in [1.29, 1.82) is 0 Å². The van der Waals surface area contributed by atoms with Gasteiger partial charge in [-0.1, -0.05) is 12.8 Å². The average molecular weight is 142 g/mol. The van der Waals surface area contributed by atoms with Crippen LogP contribution in [-0.4, -0.2) is 16.7 Å².